The number of benzene rings is 1. The number of carboxylic acids is 1. The van der Waals surface area contributed by atoms with E-state index in [1.165, 1.54) is 0 Å². The van der Waals surface area contributed by atoms with E-state index >= 15 is 0 Å². The van der Waals surface area contributed by atoms with E-state index in [2.05, 4.69) is 15.1 Å². The van der Waals surface area contributed by atoms with E-state index in [0.29, 0.717) is 0 Å². The zero-order valence-corrected chi connectivity index (χ0v) is 11.4. The SMILES string of the molecule is Nc1no[n+]([O-])c1C(=O)NC[C@H](CC(=O)O)c1ccccc1. The van der Waals surface area contributed by atoms with Crippen LogP contribution >= 0.6 is 0 Å². The first-order valence-electron chi connectivity index (χ1n) is 6.39. The summed E-state index contributed by atoms with van der Waals surface area (Å²) in [6, 6.07) is 8.88. The molecule has 9 nitrogen and oxygen atoms in total. The average molecular weight is 306 g/mol. The largest absolute Gasteiger partial charge is 0.481 e. The number of carbonyl (C=O) groups excluding carboxylic acids is 1. The Bertz CT molecular complexity index is 651. The number of nitrogens with two attached hydrogens (primary N) is 1. The molecule has 2 rings (SSSR count). The minimum absolute atomic E-state index is 0.0275. The summed E-state index contributed by atoms with van der Waals surface area (Å²) in [7, 11) is 0. The van der Waals surface area contributed by atoms with Crippen LogP contribution in [-0.4, -0.2) is 28.7 Å². The molecule has 0 saturated carbocycles. The molecule has 0 fully saturated rings. The highest BCUT2D eigenvalue weighted by molar-refractivity contribution is 5.94. The van der Waals surface area contributed by atoms with E-state index in [4.69, 9.17) is 10.8 Å². The van der Waals surface area contributed by atoms with Gasteiger partial charge in [-0.05, 0) is 10.5 Å². The van der Waals surface area contributed by atoms with Crippen molar-refractivity contribution in [1.29, 1.82) is 0 Å². The molecule has 0 radical (unpaired) electrons. The Morgan fingerprint density at radius 3 is 2.64 bits per heavy atom. The number of carboxylic acid groups (broad SMARTS) is 1. The van der Waals surface area contributed by atoms with Gasteiger partial charge in [-0.3, -0.25) is 14.2 Å². The van der Waals surface area contributed by atoms with Crippen molar-refractivity contribution in [3.63, 3.8) is 0 Å². The van der Waals surface area contributed by atoms with Crippen molar-refractivity contribution in [3.8, 4) is 0 Å². The van der Waals surface area contributed by atoms with Crippen molar-refractivity contribution >= 4 is 17.7 Å². The summed E-state index contributed by atoms with van der Waals surface area (Å²) in [5.41, 5.74) is 5.67. The number of nitrogens with zero attached hydrogens (tertiary/aromatic N) is 2. The van der Waals surface area contributed by atoms with Crippen molar-refractivity contribution in [2.45, 2.75) is 12.3 Å². The second-order valence-corrected chi connectivity index (χ2v) is 4.58. The number of hydrogen-bond donors (Lipinski definition) is 3. The summed E-state index contributed by atoms with van der Waals surface area (Å²) in [5, 5.41) is 25.8. The number of carbonyl (C=O) groups is 2. The number of aromatic nitrogens is 2. The molecule has 4 N–H and O–H groups in total. The maximum absolute atomic E-state index is 11.9. The van der Waals surface area contributed by atoms with Crippen molar-refractivity contribution < 1.29 is 24.2 Å². The summed E-state index contributed by atoms with van der Waals surface area (Å²) < 4.78 is 4.20. The summed E-state index contributed by atoms with van der Waals surface area (Å²) in [6.07, 6.45) is -0.166. The number of aliphatic carboxylic acids is 1. The first-order valence-corrected chi connectivity index (χ1v) is 6.39. The Morgan fingerprint density at radius 1 is 1.41 bits per heavy atom. The summed E-state index contributed by atoms with van der Waals surface area (Å²) in [4.78, 5) is 22.8. The second-order valence-electron chi connectivity index (χ2n) is 4.58. The minimum atomic E-state index is -0.994. The highest BCUT2D eigenvalue weighted by Gasteiger charge is 2.25. The van der Waals surface area contributed by atoms with Gasteiger partial charge in [0.15, 0.2) is 0 Å². The van der Waals surface area contributed by atoms with E-state index in [1.54, 1.807) is 30.3 Å². The van der Waals surface area contributed by atoms with Crippen molar-refractivity contribution in [2.24, 2.45) is 0 Å². The van der Waals surface area contributed by atoms with Gasteiger partial charge in [0.1, 0.15) is 0 Å². The van der Waals surface area contributed by atoms with Gasteiger partial charge in [-0.15, -0.1) is 0 Å². The smallest absolute Gasteiger partial charge is 0.318 e. The molecule has 1 heterocycles. The fourth-order valence-corrected chi connectivity index (χ4v) is 2.00. The van der Waals surface area contributed by atoms with Crippen LogP contribution in [0.1, 0.15) is 28.4 Å². The Labute approximate surface area is 124 Å². The van der Waals surface area contributed by atoms with Gasteiger partial charge in [-0.1, -0.05) is 30.3 Å². The monoisotopic (exact) mass is 306 g/mol. The topological polar surface area (TPSA) is 145 Å². The molecule has 1 atom stereocenters. The van der Waals surface area contributed by atoms with Gasteiger partial charge < -0.3 is 21.4 Å². The number of rotatable bonds is 6. The Morgan fingerprint density at radius 2 is 2.09 bits per heavy atom. The van der Waals surface area contributed by atoms with Crippen LogP contribution in [0.25, 0.3) is 0 Å². The van der Waals surface area contributed by atoms with Crippen molar-refractivity contribution in [2.75, 3.05) is 12.3 Å². The average Bonchev–Trinajstić information content (AvgIpc) is 2.83. The predicted molar refractivity (Wildman–Crippen MR) is 73.6 cm³/mol. The fourth-order valence-electron chi connectivity index (χ4n) is 2.00. The maximum atomic E-state index is 11.9. The summed E-state index contributed by atoms with van der Waals surface area (Å²) >= 11 is 0. The van der Waals surface area contributed by atoms with Crippen LogP contribution < -0.4 is 16.0 Å². The van der Waals surface area contributed by atoms with Crippen LogP contribution in [0.4, 0.5) is 5.82 Å². The lowest BCUT2D eigenvalue weighted by Crippen LogP contribution is -2.39. The van der Waals surface area contributed by atoms with Gasteiger partial charge in [0, 0.05) is 12.5 Å². The molecule has 0 aliphatic carbocycles. The highest BCUT2D eigenvalue weighted by atomic mass is 16.8. The summed E-state index contributed by atoms with van der Waals surface area (Å²) in [6.45, 7) is 0.0275. The predicted octanol–water partition coefficient (Wildman–Crippen LogP) is -0.121. The van der Waals surface area contributed by atoms with E-state index in [1.807, 2.05) is 0 Å². The lowest BCUT2D eigenvalue weighted by atomic mass is 9.95. The second kappa shape index (κ2) is 6.57. The third kappa shape index (κ3) is 3.51. The Kier molecular flexibility index (Phi) is 4.57. The third-order valence-electron chi connectivity index (χ3n) is 3.05. The molecule has 9 heteroatoms. The number of anilines is 1. The van der Waals surface area contributed by atoms with Crippen LogP contribution in [0.5, 0.6) is 0 Å². The quantitative estimate of drug-likeness (QED) is 0.630. The van der Waals surface area contributed by atoms with Gasteiger partial charge in [-0.2, -0.15) is 0 Å². The number of amides is 1. The van der Waals surface area contributed by atoms with Gasteiger partial charge in [-0.25, -0.2) is 0 Å². The van der Waals surface area contributed by atoms with Crippen LogP contribution in [0.15, 0.2) is 35.0 Å². The normalized spacial score (nSPS) is 11.8. The molecule has 22 heavy (non-hydrogen) atoms. The van der Waals surface area contributed by atoms with Crippen LogP contribution in [0, 0.1) is 5.21 Å². The first-order chi connectivity index (χ1) is 10.5. The molecular formula is C13H14N4O5. The molecule has 116 valence electrons. The zero-order valence-electron chi connectivity index (χ0n) is 11.4. The molecule has 0 spiro atoms. The molecule has 0 bridgehead atoms. The standard InChI is InChI=1S/C13H14N4O5/c14-12-11(17(21)22-16-12)13(20)15-7-9(6-10(18)19)8-4-2-1-3-5-8/h1-5,9H,6-7H2,(H2,14,16)(H,15,20)(H,18,19)/t9-/m0/s1. The van der Waals surface area contributed by atoms with Gasteiger partial charge in [0.25, 0.3) is 0 Å². The molecule has 0 aliphatic rings. The van der Waals surface area contributed by atoms with Crippen molar-refractivity contribution in [3.05, 3.63) is 46.8 Å². The lowest BCUT2D eigenvalue weighted by Gasteiger charge is -2.15. The van der Waals surface area contributed by atoms with Crippen LogP contribution in [-0.2, 0) is 4.79 Å². The summed E-state index contributed by atoms with van der Waals surface area (Å²) in [5.74, 6) is -2.54. The van der Waals surface area contributed by atoms with E-state index in [9.17, 15) is 14.8 Å². The Balaban J connectivity index is 2.09. The lowest BCUT2D eigenvalue weighted by molar-refractivity contribution is -0.803. The molecule has 1 amide bonds. The first kappa shape index (κ1) is 15.3. The molecule has 0 aliphatic heterocycles. The molecule has 1 aromatic carbocycles. The maximum Gasteiger partial charge on any atom is 0.318 e. The van der Waals surface area contributed by atoms with Crippen LogP contribution in [0.3, 0.4) is 0 Å². The minimum Gasteiger partial charge on any atom is -0.481 e. The van der Waals surface area contributed by atoms with E-state index in [0.717, 1.165) is 5.56 Å². The molecule has 1 aromatic heterocycles. The molecule has 0 unspecified atom stereocenters. The van der Waals surface area contributed by atoms with Gasteiger partial charge in [0.05, 0.1) is 11.6 Å². The van der Waals surface area contributed by atoms with Gasteiger partial charge in [0.2, 0.25) is 0 Å². The number of nitrogens with one attached hydrogen (secondary N) is 1. The molecule has 0 saturated heterocycles. The Hall–Kier alpha value is -3.10. The number of hydrogen-bond acceptors (Lipinski definition) is 6. The van der Waals surface area contributed by atoms with Gasteiger partial charge >= 0.3 is 23.4 Å². The highest BCUT2D eigenvalue weighted by Crippen LogP contribution is 2.18. The molecular weight excluding hydrogens is 292 g/mol. The third-order valence-corrected chi connectivity index (χ3v) is 3.05. The zero-order chi connectivity index (χ0) is 16.1. The van der Waals surface area contributed by atoms with E-state index < -0.39 is 23.5 Å². The van der Waals surface area contributed by atoms with E-state index in [-0.39, 0.29) is 23.7 Å². The fraction of sp³-hybridized carbons (Fsp3) is 0.231. The van der Waals surface area contributed by atoms with Crippen molar-refractivity contribution in [1.82, 2.24) is 10.5 Å². The molecule has 2 aromatic rings. The number of nitrogen functional groups attached to an aromatic ring is 1. The van der Waals surface area contributed by atoms with Crippen LogP contribution in [0.2, 0.25) is 0 Å².